The van der Waals surface area contributed by atoms with Crippen LogP contribution in [0.3, 0.4) is 0 Å². The van der Waals surface area contributed by atoms with Crippen LogP contribution in [0.15, 0.2) is 30.3 Å². The van der Waals surface area contributed by atoms with Crippen molar-refractivity contribution in [2.24, 2.45) is 0 Å². The molecule has 1 N–H and O–H groups in total. The summed E-state index contributed by atoms with van der Waals surface area (Å²) >= 11 is 5.86. The number of carbonyl (C=O) groups excluding carboxylic acids is 1. The molecule has 3 rings (SSSR count). The molecule has 1 amide bonds. The van der Waals surface area contributed by atoms with Crippen LogP contribution in [0.2, 0.25) is 5.02 Å². The molecule has 0 aliphatic carbocycles. The van der Waals surface area contributed by atoms with Crippen molar-refractivity contribution in [2.75, 3.05) is 6.54 Å². The number of hydrogen-bond donors (Lipinski definition) is 1. The lowest BCUT2D eigenvalue weighted by Gasteiger charge is -2.27. The zero-order chi connectivity index (χ0) is 15.7. The summed E-state index contributed by atoms with van der Waals surface area (Å²) in [6.45, 7) is 3.53. The monoisotopic (exact) mass is 319 g/mol. The van der Waals surface area contributed by atoms with E-state index in [1.807, 2.05) is 27.8 Å². The third kappa shape index (κ3) is 3.15. The summed E-state index contributed by atoms with van der Waals surface area (Å²) in [5.41, 5.74) is 2.58. The molecule has 1 aromatic carbocycles. The molecule has 1 aliphatic heterocycles. The van der Waals surface area contributed by atoms with E-state index in [0.717, 1.165) is 11.3 Å². The van der Waals surface area contributed by atoms with Gasteiger partial charge in [-0.05, 0) is 30.7 Å². The fraction of sp³-hybridized carbons (Fsp3) is 0.375. The van der Waals surface area contributed by atoms with Crippen molar-refractivity contribution in [1.82, 2.24) is 14.7 Å². The Hall–Kier alpha value is -1.85. The molecule has 5 nitrogen and oxygen atoms in total. The van der Waals surface area contributed by atoms with Crippen LogP contribution in [-0.4, -0.2) is 32.2 Å². The number of aromatic nitrogens is 2. The standard InChI is InChI=1S/C16H18ClN3O2/c1-11(21)15-9-14-10-19(6-7-20(14)18-15)16(22)8-12-2-4-13(17)5-3-12/h2-5,9,11,21H,6-8,10H2,1H3/t11-/m0/s1. The summed E-state index contributed by atoms with van der Waals surface area (Å²) in [5, 5.41) is 14.6. The summed E-state index contributed by atoms with van der Waals surface area (Å²) in [6, 6.07) is 9.21. The van der Waals surface area contributed by atoms with Gasteiger partial charge in [-0.2, -0.15) is 5.10 Å². The molecule has 6 heteroatoms. The molecule has 0 fully saturated rings. The first-order chi connectivity index (χ1) is 10.5. The van der Waals surface area contributed by atoms with Gasteiger partial charge in [0.15, 0.2) is 0 Å². The van der Waals surface area contributed by atoms with Gasteiger partial charge in [-0.1, -0.05) is 23.7 Å². The molecule has 2 heterocycles. The number of fused-ring (bicyclic) bond motifs is 1. The number of hydrogen-bond acceptors (Lipinski definition) is 3. The predicted molar refractivity (Wildman–Crippen MR) is 83.4 cm³/mol. The van der Waals surface area contributed by atoms with Gasteiger partial charge in [0.25, 0.3) is 0 Å². The second kappa shape index (κ2) is 6.10. The third-order valence-electron chi connectivity index (χ3n) is 3.87. The van der Waals surface area contributed by atoms with Gasteiger partial charge < -0.3 is 10.0 Å². The first-order valence-electron chi connectivity index (χ1n) is 7.30. The summed E-state index contributed by atoms with van der Waals surface area (Å²) in [5.74, 6) is 0.0911. The molecule has 0 bridgehead atoms. The summed E-state index contributed by atoms with van der Waals surface area (Å²) in [4.78, 5) is 14.2. The lowest BCUT2D eigenvalue weighted by molar-refractivity contribution is -0.132. The molecule has 116 valence electrons. The van der Waals surface area contributed by atoms with Crippen LogP contribution in [0.1, 0.15) is 30.0 Å². The van der Waals surface area contributed by atoms with Crippen molar-refractivity contribution in [3.63, 3.8) is 0 Å². The molecule has 0 spiro atoms. The average molecular weight is 320 g/mol. The third-order valence-corrected chi connectivity index (χ3v) is 4.12. The Morgan fingerprint density at radius 1 is 1.36 bits per heavy atom. The van der Waals surface area contributed by atoms with E-state index in [1.54, 1.807) is 19.1 Å². The average Bonchev–Trinajstić information content (AvgIpc) is 2.93. The van der Waals surface area contributed by atoms with E-state index in [4.69, 9.17) is 11.6 Å². The number of nitrogens with zero attached hydrogens (tertiary/aromatic N) is 3. The molecule has 0 unspecified atom stereocenters. The molecule has 1 atom stereocenters. The number of aliphatic hydroxyl groups excluding tert-OH is 1. The molecular weight excluding hydrogens is 302 g/mol. The van der Waals surface area contributed by atoms with Crippen LogP contribution >= 0.6 is 11.6 Å². The molecule has 0 radical (unpaired) electrons. The molecule has 1 aliphatic rings. The van der Waals surface area contributed by atoms with Gasteiger partial charge in [0, 0.05) is 11.6 Å². The van der Waals surface area contributed by atoms with Crippen molar-refractivity contribution >= 4 is 17.5 Å². The highest BCUT2D eigenvalue weighted by atomic mass is 35.5. The molecule has 1 aromatic heterocycles. The predicted octanol–water partition coefficient (Wildman–Crippen LogP) is 2.17. The minimum absolute atomic E-state index is 0.0911. The largest absolute Gasteiger partial charge is 0.387 e. The highest BCUT2D eigenvalue weighted by molar-refractivity contribution is 6.30. The minimum Gasteiger partial charge on any atom is -0.387 e. The van der Waals surface area contributed by atoms with E-state index in [-0.39, 0.29) is 5.91 Å². The fourth-order valence-electron chi connectivity index (χ4n) is 2.59. The lowest BCUT2D eigenvalue weighted by atomic mass is 10.1. The van der Waals surface area contributed by atoms with Crippen molar-refractivity contribution in [3.05, 3.63) is 52.3 Å². The van der Waals surface area contributed by atoms with Crippen LogP contribution in [0.4, 0.5) is 0 Å². The Morgan fingerprint density at radius 3 is 2.77 bits per heavy atom. The highest BCUT2D eigenvalue weighted by Gasteiger charge is 2.23. The number of amides is 1. The van der Waals surface area contributed by atoms with Gasteiger partial charge in [-0.3, -0.25) is 9.48 Å². The molecule has 0 saturated heterocycles. The number of aliphatic hydroxyl groups is 1. The number of benzene rings is 1. The summed E-state index contributed by atoms with van der Waals surface area (Å²) in [6.07, 6.45) is -0.217. The van der Waals surface area contributed by atoms with Gasteiger partial charge >= 0.3 is 0 Å². The topological polar surface area (TPSA) is 58.4 Å². The number of rotatable bonds is 3. The Kier molecular flexibility index (Phi) is 4.18. The van der Waals surface area contributed by atoms with Gasteiger partial charge in [0.05, 0.1) is 37.0 Å². The van der Waals surface area contributed by atoms with Crippen molar-refractivity contribution in [1.29, 1.82) is 0 Å². The summed E-state index contributed by atoms with van der Waals surface area (Å²) in [7, 11) is 0. The van der Waals surface area contributed by atoms with E-state index >= 15 is 0 Å². The molecular formula is C16H18ClN3O2. The molecule has 22 heavy (non-hydrogen) atoms. The van der Waals surface area contributed by atoms with Crippen LogP contribution < -0.4 is 0 Å². The van der Waals surface area contributed by atoms with Gasteiger partial charge in [-0.15, -0.1) is 0 Å². The second-order valence-electron chi connectivity index (χ2n) is 5.58. The van der Waals surface area contributed by atoms with Gasteiger partial charge in [0.2, 0.25) is 5.91 Å². The highest BCUT2D eigenvalue weighted by Crippen LogP contribution is 2.19. The van der Waals surface area contributed by atoms with Crippen molar-refractivity contribution in [3.8, 4) is 0 Å². The van der Waals surface area contributed by atoms with E-state index in [2.05, 4.69) is 5.10 Å². The first-order valence-corrected chi connectivity index (χ1v) is 7.67. The second-order valence-corrected chi connectivity index (χ2v) is 6.01. The van der Waals surface area contributed by atoms with Gasteiger partial charge in [0.1, 0.15) is 0 Å². The zero-order valence-corrected chi connectivity index (χ0v) is 13.1. The lowest BCUT2D eigenvalue weighted by Crippen LogP contribution is -2.39. The maximum Gasteiger partial charge on any atom is 0.227 e. The SMILES string of the molecule is C[C@H](O)c1cc2n(n1)CCN(C(=O)Cc1ccc(Cl)cc1)C2. The summed E-state index contributed by atoms with van der Waals surface area (Å²) < 4.78 is 1.87. The van der Waals surface area contributed by atoms with Crippen LogP contribution in [-0.2, 0) is 24.3 Å². The normalized spacial score (nSPS) is 15.5. The van der Waals surface area contributed by atoms with E-state index in [1.165, 1.54) is 0 Å². The molecule has 0 saturated carbocycles. The maximum absolute atomic E-state index is 12.4. The van der Waals surface area contributed by atoms with Crippen LogP contribution in [0.25, 0.3) is 0 Å². The van der Waals surface area contributed by atoms with E-state index < -0.39 is 6.10 Å². The van der Waals surface area contributed by atoms with Crippen molar-refractivity contribution in [2.45, 2.75) is 32.5 Å². The Labute approximate surface area is 134 Å². The smallest absolute Gasteiger partial charge is 0.227 e. The zero-order valence-electron chi connectivity index (χ0n) is 12.4. The van der Waals surface area contributed by atoms with Crippen LogP contribution in [0, 0.1) is 0 Å². The number of carbonyl (C=O) groups is 1. The number of halogens is 1. The molecule has 2 aromatic rings. The Morgan fingerprint density at radius 2 is 2.09 bits per heavy atom. The van der Waals surface area contributed by atoms with E-state index in [9.17, 15) is 9.90 Å². The van der Waals surface area contributed by atoms with Crippen molar-refractivity contribution < 1.29 is 9.90 Å². The fourth-order valence-corrected chi connectivity index (χ4v) is 2.72. The Bertz CT molecular complexity index is 679. The van der Waals surface area contributed by atoms with Gasteiger partial charge in [-0.25, -0.2) is 0 Å². The Balaban J connectivity index is 1.68. The quantitative estimate of drug-likeness (QED) is 0.943. The van der Waals surface area contributed by atoms with Crippen LogP contribution in [0.5, 0.6) is 0 Å². The first kappa shape index (κ1) is 15.1. The van der Waals surface area contributed by atoms with E-state index in [0.29, 0.717) is 36.8 Å². The maximum atomic E-state index is 12.4. The minimum atomic E-state index is -0.587.